The Balaban J connectivity index is 2.13. The van der Waals surface area contributed by atoms with E-state index in [0.29, 0.717) is 17.3 Å². The fourth-order valence-electron chi connectivity index (χ4n) is 1.57. The second-order valence-electron chi connectivity index (χ2n) is 3.59. The molecule has 2 aromatic rings. The number of anilines is 2. The number of hydrogen-bond acceptors (Lipinski definition) is 4. The third-order valence-electron chi connectivity index (χ3n) is 2.51. The summed E-state index contributed by atoms with van der Waals surface area (Å²) in [5, 5.41) is 11.7. The number of nitrogens with two attached hydrogens (primary N) is 1. The highest BCUT2D eigenvalue weighted by Gasteiger charge is 2.06. The van der Waals surface area contributed by atoms with Crippen molar-refractivity contribution in [3.05, 3.63) is 35.4 Å². The molecule has 1 aromatic heterocycles. The molecule has 1 aromatic carbocycles. The third-order valence-corrected chi connectivity index (χ3v) is 2.82. The lowest BCUT2D eigenvalue weighted by Gasteiger charge is -2.10. The van der Waals surface area contributed by atoms with Gasteiger partial charge in [-0.15, -0.1) is 10.2 Å². The normalized spacial score (nSPS) is 10.5. The van der Waals surface area contributed by atoms with Crippen molar-refractivity contribution < 1.29 is 0 Å². The SMILES string of the molecule is CCn1cnnc1CNc1c(N)cccc1Cl. The van der Waals surface area contributed by atoms with Gasteiger partial charge in [-0.25, -0.2) is 0 Å². The lowest BCUT2D eigenvalue weighted by atomic mass is 10.2. The molecule has 0 spiro atoms. The third kappa shape index (κ3) is 2.50. The molecule has 0 unspecified atom stereocenters. The fraction of sp³-hybridized carbons (Fsp3) is 0.273. The molecule has 2 rings (SSSR count). The van der Waals surface area contributed by atoms with Crippen LogP contribution in [0.4, 0.5) is 11.4 Å². The summed E-state index contributed by atoms with van der Waals surface area (Å²) in [7, 11) is 0. The molecular weight excluding hydrogens is 238 g/mol. The van der Waals surface area contributed by atoms with Crippen LogP contribution in [0.2, 0.25) is 5.02 Å². The number of nitrogens with one attached hydrogen (secondary N) is 1. The highest BCUT2D eigenvalue weighted by molar-refractivity contribution is 6.33. The molecule has 1 heterocycles. The van der Waals surface area contributed by atoms with Gasteiger partial charge in [0.1, 0.15) is 6.33 Å². The molecule has 0 atom stereocenters. The summed E-state index contributed by atoms with van der Waals surface area (Å²) < 4.78 is 1.96. The van der Waals surface area contributed by atoms with Crippen LogP contribution in [0.5, 0.6) is 0 Å². The summed E-state index contributed by atoms with van der Waals surface area (Å²) in [5.41, 5.74) is 7.20. The molecule has 0 fully saturated rings. The Morgan fingerprint density at radius 2 is 2.29 bits per heavy atom. The van der Waals surface area contributed by atoms with E-state index in [1.165, 1.54) is 0 Å². The zero-order valence-electron chi connectivity index (χ0n) is 9.52. The van der Waals surface area contributed by atoms with Gasteiger partial charge in [0.15, 0.2) is 5.82 Å². The van der Waals surface area contributed by atoms with E-state index in [4.69, 9.17) is 17.3 Å². The monoisotopic (exact) mass is 251 g/mol. The Bertz CT molecular complexity index is 488. The van der Waals surface area contributed by atoms with Crippen molar-refractivity contribution >= 4 is 23.0 Å². The van der Waals surface area contributed by atoms with Crippen LogP contribution in [0.1, 0.15) is 12.7 Å². The molecule has 0 bridgehead atoms. The molecule has 0 saturated heterocycles. The first-order valence-electron chi connectivity index (χ1n) is 5.37. The first-order valence-corrected chi connectivity index (χ1v) is 5.74. The van der Waals surface area contributed by atoms with Gasteiger partial charge in [0.05, 0.1) is 22.9 Å². The molecule has 0 aliphatic rings. The van der Waals surface area contributed by atoms with Crippen molar-refractivity contribution in [1.29, 1.82) is 0 Å². The highest BCUT2D eigenvalue weighted by atomic mass is 35.5. The Morgan fingerprint density at radius 3 is 3.00 bits per heavy atom. The first-order chi connectivity index (χ1) is 8.22. The second kappa shape index (κ2) is 5.05. The van der Waals surface area contributed by atoms with Gasteiger partial charge in [-0.1, -0.05) is 17.7 Å². The number of aryl methyl sites for hydroxylation is 1. The van der Waals surface area contributed by atoms with Gasteiger partial charge in [-0.3, -0.25) is 0 Å². The number of para-hydroxylation sites is 1. The van der Waals surface area contributed by atoms with Crippen LogP contribution in [0.3, 0.4) is 0 Å². The Labute approximate surface area is 105 Å². The molecule has 0 saturated carbocycles. The highest BCUT2D eigenvalue weighted by Crippen LogP contribution is 2.27. The van der Waals surface area contributed by atoms with Gasteiger partial charge in [0, 0.05) is 6.54 Å². The average Bonchev–Trinajstić information content (AvgIpc) is 2.76. The molecular formula is C11H14ClN5. The van der Waals surface area contributed by atoms with Crippen molar-refractivity contribution in [2.24, 2.45) is 0 Å². The largest absolute Gasteiger partial charge is 0.397 e. The summed E-state index contributed by atoms with van der Waals surface area (Å²) in [6.07, 6.45) is 1.70. The predicted octanol–water partition coefficient (Wildman–Crippen LogP) is 2.15. The predicted molar refractivity (Wildman–Crippen MR) is 68.9 cm³/mol. The maximum atomic E-state index is 6.06. The van der Waals surface area contributed by atoms with Gasteiger partial charge in [-0.05, 0) is 19.1 Å². The van der Waals surface area contributed by atoms with Crippen LogP contribution in [0.15, 0.2) is 24.5 Å². The van der Waals surface area contributed by atoms with E-state index in [0.717, 1.165) is 18.1 Å². The number of hydrogen-bond donors (Lipinski definition) is 2. The molecule has 3 N–H and O–H groups in total. The number of halogens is 1. The van der Waals surface area contributed by atoms with Crippen molar-refractivity contribution in [3.63, 3.8) is 0 Å². The number of benzene rings is 1. The first kappa shape index (κ1) is 11.7. The van der Waals surface area contributed by atoms with E-state index >= 15 is 0 Å². The molecule has 0 aliphatic heterocycles. The Hall–Kier alpha value is -1.75. The molecule has 17 heavy (non-hydrogen) atoms. The minimum absolute atomic E-state index is 0.543. The zero-order chi connectivity index (χ0) is 12.3. The fourth-order valence-corrected chi connectivity index (χ4v) is 1.82. The van der Waals surface area contributed by atoms with Crippen LogP contribution in [0, 0.1) is 0 Å². The molecule has 6 heteroatoms. The smallest absolute Gasteiger partial charge is 0.152 e. The van der Waals surface area contributed by atoms with Gasteiger partial charge < -0.3 is 15.6 Å². The van der Waals surface area contributed by atoms with Crippen LogP contribution in [0.25, 0.3) is 0 Å². The lowest BCUT2D eigenvalue weighted by Crippen LogP contribution is -2.09. The topological polar surface area (TPSA) is 68.8 Å². The number of rotatable bonds is 4. The number of nitrogen functional groups attached to an aromatic ring is 1. The van der Waals surface area contributed by atoms with E-state index < -0.39 is 0 Å². The summed E-state index contributed by atoms with van der Waals surface area (Å²) in [5.74, 6) is 0.854. The Morgan fingerprint density at radius 1 is 1.47 bits per heavy atom. The molecule has 0 radical (unpaired) electrons. The van der Waals surface area contributed by atoms with Gasteiger partial charge in [-0.2, -0.15) is 0 Å². The van der Waals surface area contributed by atoms with Crippen LogP contribution >= 0.6 is 11.6 Å². The van der Waals surface area contributed by atoms with Crippen LogP contribution in [-0.4, -0.2) is 14.8 Å². The Kier molecular flexibility index (Phi) is 3.49. The number of nitrogens with zero attached hydrogens (tertiary/aromatic N) is 3. The lowest BCUT2D eigenvalue weighted by molar-refractivity contribution is 0.708. The maximum absolute atomic E-state index is 6.06. The van der Waals surface area contributed by atoms with E-state index in [2.05, 4.69) is 15.5 Å². The molecule has 5 nitrogen and oxygen atoms in total. The van der Waals surface area contributed by atoms with Crippen molar-refractivity contribution in [3.8, 4) is 0 Å². The van der Waals surface area contributed by atoms with Gasteiger partial charge in [0.25, 0.3) is 0 Å². The van der Waals surface area contributed by atoms with E-state index in [-0.39, 0.29) is 0 Å². The molecule has 0 aliphatic carbocycles. The summed E-state index contributed by atoms with van der Waals surface area (Å²) in [6, 6.07) is 5.42. The van der Waals surface area contributed by atoms with Gasteiger partial charge >= 0.3 is 0 Å². The van der Waals surface area contributed by atoms with E-state index in [9.17, 15) is 0 Å². The standard InChI is InChI=1S/C11H14ClN5/c1-2-17-7-15-16-10(17)6-14-11-8(12)4-3-5-9(11)13/h3-5,7,14H,2,6,13H2,1H3. The van der Waals surface area contributed by atoms with Crippen molar-refractivity contribution in [1.82, 2.24) is 14.8 Å². The van der Waals surface area contributed by atoms with E-state index in [1.54, 1.807) is 18.5 Å². The maximum Gasteiger partial charge on any atom is 0.152 e. The zero-order valence-corrected chi connectivity index (χ0v) is 10.3. The van der Waals surface area contributed by atoms with Crippen molar-refractivity contribution in [2.45, 2.75) is 20.0 Å². The summed E-state index contributed by atoms with van der Waals surface area (Å²) in [4.78, 5) is 0. The van der Waals surface area contributed by atoms with Gasteiger partial charge in [0.2, 0.25) is 0 Å². The average molecular weight is 252 g/mol. The summed E-state index contributed by atoms with van der Waals surface area (Å²) >= 11 is 6.06. The number of aromatic nitrogens is 3. The molecule has 0 amide bonds. The van der Waals surface area contributed by atoms with E-state index in [1.807, 2.05) is 17.6 Å². The quantitative estimate of drug-likeness (QED) is 0.817. The van der Waals surface area contributed by atoms with Crippen molar-refractivity contribution in [2.75, 3.05) is 11.1 Å². The second-order valence-corrected chi connectivity index (χ2v) is 4.00. The van der Waals surface area contributed by atoms with Crippen LogP contribution in [-0.2, 0) is 13.1 Å². The minimum Gasteiger partial charge on any atom is -0.397 e. The molecule has 90 valence electrons. The minimum atomic E-state index is 0.543. The summed E-state index contributed by atoms with van der Waals surface area (Å²) in [6.45, 7) is 3.42. The van der Waals surface area contributed by atoms with Crippen LogP contribution < -0.4 is 11.1 Å².